The van der Waals surface area contributed by atoms with Gasteiger partial charge in [0.25, 0.3) is 0 Å². The minimum Gasteiger partial charge on any atom is -0.499 e. The summed E-state index contributed by atoms with van der Waals surface area (Å²) in [6.07, 6.45) is 4.26. The Morgan fingerprint density at radius 1 is 1.00 bits per heavy atom. The minimum atomic E-state index is -1.54. The maximum absolute atomic E-state index is 15.8. The van der Waals surface area contributed by atoms with E-state index in [1.54, 1.807) is 39.0 Å². The van der Waals surface area contributed by atoms with Crippen LogP contribution < -0.4 is 5.32 Å². The van der Waals surface area contributed by atoms with Crippen molar-refractivity contribution in [2.24, 2.45) is 17.3 Å². The van der Waals surface area contributed by atoms with Crippen molar-refractivity contribution < 1.29 is 57.9 Å². The van der Waals surface area contributed by atoms with Crippen molar-refractivity contribution in [2.45, 2.75) is 133 Å². The first-order valence-electron chi connectivity index (χ1n) is 21.7. The van der Waals surface area contributed by atoms with Crippen molar-refractivity contribution in [1.29, 1.82) is 0 Å². The molecule has 61 heavy (non-hydrogen) atoms. The first-order chi connectivity index (χ1) is 29.3. The normalized spacial score (nSPS) is 28.8. The van der Waals surface area contributed by atoms with Crippen LogP contribution in [0.15, 0.2) is 60.9 Å². The van der Waals surface area contributed by atoms with Crippen LogP contribution in [-0.4, -0.2) is 125 Å². The maximum atomic E-state index is 15.8. The van der Waals surface area contributed by atoms with E-state index in [4.69, 9.17) is 28.5 Å². The van der Waals surface area contributed by atoms with E-state index in [1.165, 1.54) is 11.2 Å². The highest BCUT2D eigenvalue weighted by Crippen LogP contribution is 2.64. The van der Waals surface area contributed by atoms with Gasteiger partial charge in [0, 0.05) is 38.1 Å². The van der Waals surface area contributed by atoms with Gasteiger partial charge in [0.1, 0.15) is 48.1 Å². The molecule has 3 heterocycles. The van der Waals surface area contributed by atoms with Gasteiger partial charge >= 0.3 is 11.9 Å². The molecule has 2 bridgehead atoms. The molecule has 8 atom stereocenters. The summed E-state index contributed by atoms with van der Waals surface area (Å²) >= 11 is 0. The average molecular weight is 846 g/mol. The van der Waals surface area contributed by atoms with Gasteiger partial charge in [-0.3, -0.25) is 24.0 Å². The molecule has 0 aromatic heterocycles. The third-order valence-electron chi connectivity index (χ3n) is 12.9. The van der Waals surface area contributed by atoms with Crippen molar-refractivity contribution in [3.63, 3.8) is 0 Å². The highest BCUT2D eigenvalue weighted by Gasteiger charge is 2.78. The fourth-order valence-electron chi connectivity index (χ4n) is 9.80. The maximum Gasteiger partial charge on any atom is 0.327 e. The molecule has 330 valence electrons. The fraction of sp³-hybridized carbons (Fsp3) is 0.609. The summed E-state index contributed by atoms with van der Waals surface area (Å²) in [5, 5.41) is 24.0. The second-order valence-electron chi connectivity index (χ2n) is 18.4. The first kappa shape index (κ1) is 43.3. The first-order valence-corrected chi connectivity index (χ1v) is 21.7. The number of rotatable bonds is 18. The standard InChI is InChI=1S/C46H59N3O12/c1-44(2,3)58-36(52)19-18-33(27-51)47-41(53)34(24-28-10-6-5-7-11-28)48(4)43(55)45-25-35-37-38(60-46(59-37,31-14-15-31)32-16-17-32)40(45)61-49(39(45)42(54)57-35)26-30-13-9-8-12-29(30)20-22-56-23-21-50/h5-13,20,22,31-35,37-40,50-51H,14-19,21,23-27H2,1-4H3,(H,47,53)/t33-,34+,35+,37-,38-,39-,40+,45-/m0/s1. The number of nitrogens with one attached hydrogen (secondary N) is 1. The number of nitrogens with zero attached hydrogens (tertiary/aromatic N) is 2. The topological polar surface area (TPSA) is 183 Å². The van der Waals surface area contributed by atoms with E-state index in [-0.39, 0.29) is 57.3 Å². The monoisotopic (exact) mass is 845 g/mol. The SMILES string of the molecule is CN(C(=O)[C@@]12C[C@H]3OC(=O)[C@@H]1N(Cc1ccccc1C=COCCO)O[C@@H]2[C@H]1OC(C2CC2)(C2CC2)O[C@H]13)[C@H](Cc1ccccc1)C(=O)N[C@H](CO)CCC(=O)OC(C)(C)C. The molecule has 8 rings (SSSR count). The molecule has 3 aliphatic carbocycles. The second kappa shape index (κ2) is 17.4. The third-order valence-corrected chi connectivity index (χ3v) is 12.9. The van der Waals surface area contributed by atoms with Crippen LogP contribution in [0.2, 0.25) is 0 Å². The molecule has 3 N–H and O–H groups in total. The number of amides is 2. The average Bonchev–Trinajstić information content (AvgIpc) is 4.19. The van der Waals surface area contributed by atoms with Crippen LogP contribution in [0.25, 0.3) is 6.08 Å². The number of aliphatic hydroxyl groups is 2. The molecular formula is C46H59N3O12. The van der Waals surface area contributed by atoms with Crippen molar-refractivity contribution in [3.8, 4) is 0 Å². The van der Waals surface area contributed by atoms with Crippen LogP contribution in [0.5, 0.6) is 0 Å². The zero-order chi connectivity index (χ0) is 43.1. The Bertz CT molecular complexity index is 1950. The molecule has 2 aromatic rings. The Morgan fingerprint density at radius 2 is 1.69 bits per heavy atom. The molecule has 0 unspecified atom stereocenters. The predicted octanol–water partition coefficient (Wildman–Crippen LogP) is 3.44. The summed E-state index contributed by atoms with van der Waals surface area (Å²) in [6.45, 7) is 4.96. The van der Waals surface area contributed by atoms with Crippen LogP contribution in [0.3, 0.4) is 0 Å². The molecular weight excluding hydrogens is 787 g/mol. The van der Waals surface area contributed by atoms with E-state index >= 15 is 4.79 Å². The van der Waals surface area contributed by atoms with Crippen molar-refractivity contribution >= 4 is 29.8 Å². The minimum absolute atomic E-state index is 0.0352. The van der Waals surface area contributed by atoms with Gasteiger partial charge in [0.15, 0.2) is 11.8 Å². The highest BCUT2D eigenvalue weighted by atomic mass is 16.8. The Labute approximate surface area is 356 Å². The van der Waals surface area contributed by atoms with E-state index < -0.39 is 89.7 Å². The third kappa shape index (κ3) is 8.69. The van der Waals surface area contributed by atoms with Gasteiger partial charge in [-0.25, -0.2) is 0 Å². The molecule has 15 heteroatoms. The van der Waals surface area contributed by atoms with Crippen LogP contribution in [0.1, 0.15) is 82.4 Å². The van der Waals surface area contributed by atoms with Gasteiger partial charge in [-0.15, -0.1) is 0 Å². The van der Waals surface area contributed by atoms with Crippen LogP contribution >= 0.6 is 0 Å². The van der Waals surface area contributed by atoms with Gasteiger partial charge in [0.2, 0.25) is 11.8 Å². The Hall–Kier alpha value is -4.38. The van der Waals surface area contributed by atoms with Gasteiger partial charge in [-0.05, 0) is 75.6 Å². The predicted molar refractivity (Wildman–Crippen MR) is 218 cm³/mol. The molecule has 0 spiro atoms. The largest absolute Gasteiger partial charge is 0.499 e. The number of likely N-dealkylation sites (N-methyl/N-ethyl adjacent to an activating group) is 1. The molecule has 2 aromatic carbocycles. The zero-order valence-electron chi connectivity index (χ0n) is 35.4. The van der Waals surface area contributed by atoms with E-state index in [0.717, 1.165) is 42.4 Å². The number of carbonyl (C=O) groups excluding carboxylic acids is 4. The zero-order valence-corrected chi connectivity index (χ0v) is 35.4. The Morgan fingerprint density at radius 3 is 2.36 bits per heavy atom. The molecule has 15 nitrogen and oxygen atoms in total. The van der Waals surface area contributed by atoms with Crippen LogP contribution in [-0.2, 0) is 60.7 Å². The number of hydrogen-bond acceptors (Lipinski definition) is 13. The molecule has 0 radical (unpaired) electrons. The molecule has 3 saturated carbocycles. The number of ether oxygens (including phenoxy) is 5. The van der Waals surface area contributed by atoms with Gasteiger partial charge in [-0.2, -0.15) is 5.06 Å². The van der Waals surface area contributed by atoms with Crippen molar-refractivity contribution in [1.82, 2.24) is 15.3 Å². The number of benzene rings is 2. The lowest BCUT2D eigenvalue weighted by Crippen LogP contribution is -2.70. The number of hydrogen-bond donors (Lipinski definition) is 3. The molecule has 2 amide bonds. The second-order valence-corrected chi connectivity index (χ2v) is 18.4. The molecule has 6 aliphatic rings. The Kier molecular flexibility index (Phi) is 12.4. The lowest BCUT2D eigenvalue weighted by molar-refractivity contribution is -0.235. The van der Waals surface area contributed by atoms with E-state index in [1.807, 2.05) is 54.6 Å². The molecule has 6 fully saturated rings. The number of hydroxylamine groups is 2. The lowest BCUT2D eigenvalue weighted by Gasteiger charge is -2.50. The number of esters is 2. The number of fused-ring (bicyclic) bond motifs is 4. The summed E-state index contributed by atoms with van der Waals surface area (Å²) in [7, 11) is 1.57. The summed E-state index contributed by atoms with van der Waals surface area (Å²) < 4.78 is 31.1. The summed E-state index contributed by atoms with van der Waals surface area (Å²) in [5.74, 6) is -2.53. The number of aliphatic hydroxyl groups excluding tert-OH is 2. The van der Waals surface area contributed by atoms with Crippen molar-refractivity contribution in [2.75, 3.05) is 26.9 Å². The van der Waals surface area contributed by atoms with Crippen molar-refractivity contribution in [3.05, 3.63) is 77.5 Å². The van der Waals surface area contributed by atoms with Gasteiger partial charge in [-0.1, -0.05) is 54.6 Å². The molecule has 3 saturated heterocycles. The lowest BCUT2D eigenvalue weighted by atomic mass is 9.62. The quantitative estimate of drug-likeness (QED) is 0.113. The smallest absolute Gasteiger partial charge is 0.327 e. The molecule has 3 aliphatic heterocycles. The Balaban J connectivity index is 1.13. The fourth-order valence-corrected chi connectivity index (χ4v) is 9.80. The van der Waals surface area contributed by atoms with Crippen LogP contribution in [0.4, 0.5) is 0 Å². The van der Waals surface area contributed by atoms with Gasteiger partial charge in [0.05, 0.1) is 32.1 Å². The summed E-state index contributed by atoms with van der Waals surface area (Å²) in [5.41, 5.74) is 0.120. The van der Waals surface area contributed by atoms with E-state index in [9.17, 15) is 24.6 Å². The van der Waals surface area contributed by atoms with E-state index in [2.05, 4.69) is 5.32 Å². The highest BCUT2D eigenvalue weighted by molar-refractivity contribution is 5.96. The van der Waals surface area contributed by atoms with Crippen LogP contribution in [0, 0.1) is 17.3 Å². The van der Waals surface area contributed by atoms with E-state index in [0.29, 0.717) is 0 Å². The number of carbonyl (C=O) groups is 4. The van der Waals surface area contributed by atoms with Gasteiger partial charge < -0.3 is 44.1 Å². The summed E-state index contributed by atoms with van der Waals surface area (Å²) in [4.78, 5) is 65.7. The summed E-state index contributed by atoms with van der Waals surface area (Å²) in [6, 6.07) is 13.8.